The Balaban J connectivity index is 2.01. The minimum Gasteiger partial charge on any atom is -0.264 e. The minimum atomic E-state index is 0.462. The second-order valence-electron chi connectivity index (χ2n) is 5.37. The molecule has 0 aliphatic rings. The molecule has 0 spiro atoms. The molecule has 3 rings (SSSR count). The van der Waals surface area contributed by atoms with Crippen LogP contribution in [0.4, 0.5) is 0 Å². The van der Waals surface area contributed by atoms with Crippen molar-refractivity contribution in [3.05, 3.63) is 70.3 Å². The maximum absolute atomic E-state index is 9.00. The van der Waals surface area contributed by atoms with Crippen LogP contribution in [0.3, 0.4) is 0 Å². The zero-order valence-electron chi connectivity index (χ0n) is 12.9. The van der Waals surface area contributed by atoms with E-state index in [1.807, 2.05) is 49.0 Å². The van der Waals surface area contributed by atoms with Gasteiger partial charge in [-0.1, -0.05) is 23.7 Å². The average Bonchev–Trinajstić information content (AvgIpc) is 2.82. The minimum absolute atomic E-state index is 0.462. The Morgan fingerprint density at radius 1 is 1.26 bits per heavy atom. The van der Waals surface area contributed by atoms with Gasteiger partial charge in [0.25, 0.3) is 0 Å². The van der Waals surface area contributed by atoms with Crippen LogP contribution in [0.5, 0.6) is 0 Å². The molecule has 0 fully saturated rings. The van der Waals surface area contributed by atoms with Crippen molar-refractivity contribution >= 4 is 11.6 Å². The first-order valence-corrected chi connectivity index (χ1v) is 7.61. The molecule has 0 N–H and O–H groups in total. The van der Waals surface area contributed by atoms with Crippen LogP contribution in [0.1, 0.15) is 22.5 Å². The van der Waals surface area contributed by atoms with Crippen molar-refractivity contribution in [3.8, 4) is 17.2 Å². The summed E-state index contributed by atoms with van der Waals surface area (Å²) in [5.41, 5.74) is 5.61. The lowest BCUT2D eigenvalue weighted by Gasteiger charge is -2.06. The molecular weight excluding hydrogens is 308 g/mol. The van der Waals surface area contributed by atoms with E-state index in [1.165, 1.54) is 0 Å². The zero-order chi connectivity index (χ0) is 16.4. The van der Waals surface area contributed by atoms with Crippen LogP contribution in [-0.4, -0.2) is 14.8 Å². The van der Waals surface area contributed by atoms with Crippen molar-refractivity contribution in [1.82, 2.24) is 14.8 Å². The summed E-state index contributed by atoms with van der Waals surface area (Å²) in [5, 5.41) is 14.1. The van der Waals surface area contributed by atoms with Gasteiger partial charge in [0.1, 0.15) is 6.07 Å². The van der Waals surface area contributed by atoms with Crippen molar-refractivity contribution in [2.75, 3.05) is 0 Å². The number of halogens is 1. The van der Waals surface area contributed by atoms with Crippen molar-refractivity contribution in [1.29, 1.82) is 5.26 Å². The Morgan fingerprint density at radius 2 is 2.09 bits per heavy atom. The largest absolute Gasteiger partial charge is 0.264 e. The van der Waals surface area contributed by atoms with Crippen molar-refractivity contribution in [2.45, 2.75) is 20.4 Å². The summed E-state index contributed by atoms with van der Waals surface area (Å²) in [5.74, 6) is 0. The molecule has 0 saturated heterocycles. The van der Waals surface area contributed by atoms with E-state index in [9.17, 15) is 0 Å². The molecule has 0 saturated carbocycles. The molecule has 0 unspecified atom stereocenters. The van der Waals surface area contributed by atoms with Crippen LogP contribution in [-0.2, 0) is 6.54 Å². The fourth-order valence-corrected chi connectivity index (χ4v) is 2.92. The first-order chi connectivity index (χ1) is 11.1. The Labute approximate surface area is 140 Å². The van der Waals surface area contributed by atoms with Gasteiger partial charge in [-0.3, -0.25) is 9.67 Å². The number of hydrogen-bond donors (Lipinski definition) is 0. The van der Waals surface area contributed by atoms with E-state index in [-0.39, 0.29) is 0 Å². The number of hydrogen-bond acceptors (Lipinski definition) is 3. The third-order valence-electron chi connectivity index (χ3n) is 3.81. The third-order valence-corrected chi connectivity index (χ3v) is 4.13. The molecule has 3 aromatic rings. The molecule has 5 heteroatoms. The van der Waals surface area contributed by atoms with Gasteiger partial charge in [0.2, 0.25) is 0 Å². The quantitative estimate of drug-likeness (QED) is 0.728. The average molecular weight is 323 g/mol. The SMILES string of the molecule is Cc1nn(Cc2cccnc2)c(C)c1-c1ccc(C#N)c(Cl)c1. The van der Waals surface area contributed by atoms with Gasteiger partial charge in [0.15, 0.2) is 0 Å². The number of aryl methyl sites for hydroxylation is 1. The number of aromatic nitrogens is 3. The molecule has 0 bridgehead atoms. The Hall–Kier alpha value is -2.64. The van der Waals surface area contributed by atoms with E-state index in [0.717, 1.165) is 28.1 Å². The maximum Gasteiger partial charge on any atom is 0.101 e. The molecule has 0 atom stereocenters. The predicted molar refractivity (Wildman–Crippen MR) is 90.2 cm³/mol. The summed E-state index contributed by atoms with van der Waals surface area (Å²) in [6.07, 6.45) is 3.60. The second-order valence-corrected chi connectivity index (χ2v) is 5.78. The molecule has 0 aliphatic carbocycles. The fourth-order valence-electron chi connectivity index (χ4n) is 2.69. The Morgan fingerprint density at radius 3 is 2.74 bits per heavy atom. The van der Waals surface area contributed by atoms with Crippen LogP contribution < -0.4 is 0 Å². The summed E-state index contributed by atoms with van der Waals surface area (Å²) < 4.78 is 1.97. The standard InChI is InChI=1S/C18H15ClN4/c1-12-18(15-5-6-16(9-20)17(19)8-15)13(2)23(22-12)11-14-4-3-7-21-10-14/h3-8,10H,11H2,1-2H3. The van der Waals surface area contributed by atoms with Gasteiger partial charge in [0.05, 0.1) is 22.8 Å². The lowest BCUT2D eigenvalue weighted by atomic mass is 10.0. The van der Waals surface area contributed by atoms with E-state index < -0.39 is 0 Å². The van der Waals surface area contributed by atoms with Gasteiger partial charge in [-0.25, -0.2) is 0 Å². The number of benzene rings is 1. The molecule has 4 nitrogen and oxygen atoms in total. The summed E-state index contributed by atoms with van der Waals surface area (Å²) in [7, 11) is 0. The highest BCUT2D eigenvalue weighted by Crippen LogP contribution is 2.30. The summed E-state index contributed by atoms with van der Waals surface area (Å²) in [6, 6.07) is 11.5. The van der Waals surface area contributed by atoms with Gasteiger partial charge in [-0.15, -0.1) is 0 Å². The van der Waals surface area contributed by atoms with Crippen LogP contribution in [0, 0.1) is 25.2 Å². The van der Waals surface area contributed by atoms with Gasteiger partial charge in [-0.2, -0.15) is 10.4 Å². The van der Waals surface area contributed by atoms with Gasteiger partial charge < -0.3 is 0 Å². The van der Waals surface area contributed by atoms with E-state index in [4.69, 9.17) is 16.9 Å². The highest BCUT2D eigenvalue weighted by atomic mass is 35.5. The van der Waals surface area contributed by atoms with Crippen molar-refractivity contribution in [2.24, 2.45) is 0 Å². The second kappa shape index (κ2) is 6.23. The molecule has 2 aromatic heterocycles. The number of rotatable bonds is 3. The van der Waals surface area contributed by atoms with Gasteiger partial charge in [-0.05, 0) is 43.2 Å². The van der Waals surface area contributed by atoms with E-state index in [2.05, 4.69) is 16.2 Å². The monoisotopic (exact) mass is 322 g/mol. The lowest BCUT2D eigenvalue weighted by Crippen LogP contribution is -2.04. The van der Waals surface area contributed by atoms with Gasteiger partial charge in [0, 0.05) is 23.7 Å². The molecule has 2 heterocycles. The number of pyridine rings is 1. The Bertz CT molecular complexity index is 891. The van der Waals surface area contributed by atoms with Crippen LogP contribution in [0.2, 0.25) is 5.02 Å². The number of nitrogens with zero attached hydrogens (tertiary/aromatic N) is 4. The van der Waals surface area contributed by atoms with Crippen LogP contribution >= 0.6 is 11.6 Å². The number of nitriles is 1. The summed E-state index contributed by atoms with van der Waals surface area (Å²) >= 11 is 6.16. The van der Waals surface area contributed by atoms with E-state index in [0.29, 0.717) is 17.1 Å². The molecule has 114 valence electrons. The first-order valence-electron chi connectivity index (χ1n) is 7.23. The summed E-state index contributed by atoms with van der Waals surface area (Å²) in [6.45, 7) is 4.69. The fraction of sp³-hybridized carbons (Fsp3) is 0.167. The maximum atomic E-state index is 9.00. The zero-order valence-corrected chi connectivity index (χ0v) is 13.7. The highest BCUT2D eigenvalue weighted by Gasteiger charge is 2.15. The third kappa shape index (κ3) is 2.96. The highest BCUT2D eigenvalue weighted by molar-refractivity contribution is 6.32. The van der Waals surface area contributed by atoms with Crippen LogP contribution in [0.25, 0.3) is 11.1 Å². The van der Waals surface area contributed by atoms with Crippen LogP contribution in [0.15, 0.2) is 42.7 Å². The topological polar surface area (TPSA) is 54.5 Å². The van der Waals surface area contributed by atoms with Crippen molar-refractivity contribution in [3.63, 3.8) is 0 Å². The first kappa shape index (κ1) is 15.3. The predicted octanol–water partition coefficient (Wildman–Crippen LogP) is 4.14. The molecule has 0 radical (unpaired) electrons. The van der Waals surface area contributed by atoms with Crippen molar-refractivity contribution < 1.29 is 0 Å². The molecule has 0 aliphatic heterocycles. The van der Waals surface area contributed by atoms with Gasteiger partial charge >= 0.3 is 0 Å². The molecule has 1 aromatic carbocycles. The Kier molecular flexibility index (Phi) is 4.14. The molecular formula is C18H15ClN4. The lowest BCUT2D eigenvalue weighted by molar-refractivity contribution is 0.657. The smallest absolute Gasteiger partial charge is 0.101 e. The van der Waals surface area contributed by atoms with E-state index in [1.54, 1.807) is 12.3 Å². The summed E-state index contributed by atoms with van der Waals surface area (Å²) in [4.78, 5) is 4.14. The molecule has 0 amide bonds. The van der Waals surface area contributed by atoms with E-state index >= 15 is 0 Å². The normalized spacial score (nSPS) is 10.5. The molecule has 23 heavy (non-hydrogen) atoms.